The molecule has 0 aromatic heterocycles. The van der Waals surface area contributed by atoms with Gasteiger partial charge in [0, 0.05) is 19.5 Å². The number of benzene rings is 1. The highest BCUT2D eigenvalue weighted by Crippen LogP contribution is 2.52. The third-order valence-corrected chi connectivity index (χ3v) is 4.37. The molecular formula is C17H25NO3. The quantitative estimate of drug-likeness (QED) is 0.809. The van der Waals surface area contributed by atoms with E-state index in [-0.39, 0.29) is 17.2 Å². The van der Waals surface area contributed by atoms with Crippen LogP contribution < -0.4 is 9.47 Å². The number of rotatable bonds is 6. The average molecular weight is 291 g/mol. The Kier molecular flexibility index (Phi) is 4.45. The van der Waals surface area contributed by atoms with Crippen molar-refractivity contribution in [3.63, 3.8) is 0 Å². The molecule has 0 radical (unpaired) electrons. The van der Waals surface area contributed by atoms with E-state index in [0.717, 1.165) is 36.4 Å². The predicted octanol–water partition coefficient (Wildman–Crippen LogP) is 2.75. The maximum Gasteiger partial charge on any atom is 0.225 e. The highest BCUT2D eigenvalue weighted by Gasteiger charge is 2.51. The maximum atomic E-state index is 12.2. The Labute approximate surface area is 127 Å². The largest absolute Gasteiger partial charge is 0.493 e. The fraction of sp³-hybridized carbons (Fsp3) is 0.588. The highest BCUT2D eigenvalue weighted by molar-refractivity contribution is 5.82. The predicted molar refractivity (Wildman–Crippen MR) is 82.8 cm³/mol. The van der Waals surface area contributed by atoms with Crippen molar-refractivity contribution in [2.75, 3.05) is 27.8 Å². The van der Waals surface area contributed by atoms with Gasteiger partial charge < -0.3 is 14.4 Å². The molecule has 4 nitrogen and oxygen atoms in total. The zero-order valence-electron chi connectivity index (χ0n) is 13.6. The van der Waals surface area contributed by atoms with E-state index < -0.39 is 0 Å². The van der Waals surface area contributed by atoms with Gasteiger partial charge in [0.15, 0.2) is 11.5 Å². The van der Waals surface area contributed by atoms with Crippen molar-refractivity contribution in [3.8, 4) is 11.5 Å². The van der Waals surface area contributed by atoms with Crippen LogP contribution in [0.4, 0.5) is 0 Å². The summed E-state index contributed by atoms with van der Waals surface area (Å²) in [5, 5.41) is 0. The SMILES string of the molecule is COc1ccc(CCN(C)C(=O)C2CC2(C)C)cc1OC. The van der Waals surface area contributed by atoms with Crippen LogP contribution in [0.1, 0.15) is 25.8 Å². The smallest absolute Gasteiger partial charge is 0.225 e. The number of ether oxygens (including phenoxy) is 2. The van der Waals surface area contributed by atoms with E-state index in [1.807, 2.05) is 30.1 Å². The second-order valence-corrected chi connectivity index (χ2v) is 6.44. The van der Waals surface area contributed by atoms with Crippen LogP contribution in [-0.4, -0.2) is 38.6 Å². The summed E-state index contributed by atoms with van der Waals surface area (Å²) in [4.78, 5) is 14.1. The van der Waals surface area contributed by atoms with Crippen LogP contribution in [0, 0.1) is 11.3 Å². The molecule has 0 saturated heterocycles. The molecule has 0 aliphatic heterocycles. The van der Waals surface area contributed by atoms with Crippen LogP contribution in [0.2, 0.25) is 0 Å². The van der Waals surface area contributed by atoms with Gasteiger partial charge in [-0.2, -0.15) is 0 Å². The highest BCUT2D eigenvalue weighted by atomic mass is 16.5. The van der Waals surface area contributed by atoms with Crippen molar-refractivity contribution < 1.29 is 14.3 Å². The first-order chi connectivity index (χ1) is 9.89. The van der Waals surface area contributed by atoms with Crippen molar-refractivity contribution in [2.45, 2.75) is 26.7 Å². The van der Waals surface area contributed by atoms with Crippen LogP contribution in [0.25, 0.3) is 0 Å². The molecule has 1 aliphatic carbocycles. The molecule has 1 amide bonds. The van der Waals surface area contributed by atoms with Gasteiger partial charge in [-0.3, -0.25) is 4.79 Å². The van der Waals surface area contributed by atoms with Gasteiger partial charge in [0.05, 0.1) is 14.2 Å². The van der Waals surface area contributed by atoms with E-state index in [1.54, 1.807) is 14.2 Å². The Bertz CT molecular complexity index is 525. The van der Waals surface area contributed by atoms with Gasteiger partial charge in [-0.1, -0.05) is 19.9 Å². The Morgan fingerprint density at radius 2 is 1.90 bits per heavy atom. The summed E-state index contributed by atoms with van der Waals surface area (Å²) in [6.45, 7) is 5.02. The first-order valence-electron chi connectivity index (χ1n) is 7.35. The lowest BCUT2D eigenvalue weighted by atomic mass is 10.1. The molecule has 0 bridgehead atoms. The summed E-state index contributed by atoms with van der Waals surface area (Å²) < 4.78 is 10.5. The van der Waals surface area contributed by atoms with E-state index in [4.69, 9.17) is 9.47 Å². The molecule has 1 atom stereocenters. The van der Waals surface area contributed by atoms with E-state index >= 15 is 0 Å². The third kappa shape index (κ3) is 3.49. The number of amides is 1. The summed E-state index contributed by atoms with van der Waals surface area (Å²) in [5.74, 6) is 1.92. The molecule has 1 unspecified atom stereocenters. The Hall–Kier alpha value is -1.71. The first-order valence-corrected chi connectivity index (χ1v) is 7.35. The number of hydrogen-bond donors (Lipinski definition) is 0. The summed E-state index contributed by atoms with van der Waals surface area (Å²) in [7, 11) is 5.14. The van der Waals surface area contributed by atoms with Crippen LogP contribution in [0.15, 0.2) is 18.2 Å². The van der Waals surface area contributed by atoms with Gasteiger partial charge in [0.1, 0.15) is 0 Å². The van der Waals surface area contributed by atoms with Crippen LogP contribution >= 0.6 is 0 Å². The zero-order chi connectivity index (χ0) is 15.6. The second kappa shape index (κ2) is 5.96. The van der Waals surface area contributed by atoms with Gasteiger partial charge >= 0.3 is 0 Å². The van der Waals surface area contributed by atoms with E-state index in [2.05, 4.69) is 13.8 Å². The molecule has 1 aromatic rings. The molecule has 21 heavy (non-hydrogen) atoms. The molecule has 4 heteroatoms. The molecule has 116 valence electrons. The molecule has 1 saturated carbocycles. The summed E-state index contributed by atoms with van der Waals surface area (Å²) in [6, 6.07) is 5.89. The number of hydrogen-bond acceptors (Lipinski definition) is 3. The number of methoxy groups -OCH3 is 2. The fourth-order valence-corrected chi connectivity index (χ4v) is 2.60. The summed E-state index contributed by atoms with van der Waals surface area (Å²) in [6.07, 6.45) is 1.82. The van der Waals surface area contributed by atoms with E-state index in [1.165, 1.54) is 0 Å². The topological polar surface area (TPSA) is 38.8 Å². The lowest BCUT2D eigenvalue weighted by Gasteiger charge is -2.18. The van der Waals surface area contributed by atoms with Crippen molar-refractivity contribution in [1.82, 2.24) is 4.90 Å². The zero-order valence-corrected chi connectivity index (χ0v) is 13.6. The molecule has 1 aliphatic rings. The number of nitrogens with zero attached hydrogens (tertiary/aromatic N) is 1. The molecule has 0 spiro atoms. The minimum Gasteiger partial charge on any atom is -0.493 e. The average Bonchev–Trinajstić information content (AvgIpc) is 3.12. The minimum atomic E-state index is 0.189. The lowest BCUT2D eigenvalue weighted by Crippen LogP contribution is -2.31. The van der Waals surface area contributed by atoms with Crippen LogP contribution in [-0.2, 0) is 11.2 Å². The minimum absolute atomic E-state index is 0.189. The number of carbonyl (C=O) groups excluding carboxylic acids is 1. The van der Waals surface area contributed by atoms with Crippen LogP contribution in [0.5, 0.6) is 11.5 Å². The van der Waals surface area contributed by atoms with Crippen molar-refractivity contribution in [1.29, 1.82) is 0 Å². The van der Waals surface area contributed by atoms with Crippen LogP contribution in [0.3, 0.4) is 0 Å². The molecule has 1 fully saturated rings. The normalized spacial score (nSPS) is 19.0. The lowest BCUT2D eigenvalue weighted by molar-refractivity contribution is -0.131. The Morgan fingerprint density at radius 3 is 2.43 bits per heavy atom. The van der Waals surface area contributed by atoms with E-state index in [0.29, 0.717) is 0 Å². The van der Waals surface area contributed by atoms with Gasteiger partial charge in [0.25, 0.3) is 0 Å². The number of carbonyl (C=O) groups is 1. The monoisotopic (exact) mass is 291 g/mol. The van der Waals surface area contributed by atoms with Crippen molar-refractivity contribution in [3.05, 3.63) is 23.8 Å². The molecule has 2 rings (SSSR count). The van der Waals surface area contributed by atoms with Crippen molar-refractivity contribution in [2.24, 2.45) is 11.3 Å². The molecule has 0 N–H and O–H groups in total. The first kappa shape index (κ1) is 15.7. The Morgan fingerprint density at radius 1 is 1.29 bits per heavy atom. The second-order valence-electron chi connectivity index (χ2n) is 6.44. The van der Waals surface area contributed by atoms with Gasteiger partial charge in [0.2, 0.25) is 5.91 Å². The van der Waals surface area contributed by atoms with Gasteiger partial charge in [-0.15, -0.1) is 0 Å². The third-order valence-electron chi connectivity index (χ3n) is 4.37. The summed E-state index contributed by atoms with van der Waals surface area (Å²) >= 11 is 0. The molecular weight excluding hydrogens is 266 g/mol. The maximum absolute atomic E-state index is 12.2. The number of likely N-dealkylation sites (N-methyl/N-ethyl adjacent to an activating group) is 1. The fourth-order valence-electron chi connectivity index (χ4n) is 2.60. The molecule has 0 heterocycles. The van der Waals surface area contributed by atoms with Crippen molar-refractivity contribution >= 4 is 5.91 Å². The van der Waals surface area contributed by atoms with E-state index in [9.17, 15) is 4.79 Å². The Balaban J connectivity index is 1.92. The molecule has 1 aromatic carbocycles. The standard InChI is InChI=1S/C17H25NO3/c1-17(2)11-13(17)16(19)18(3)9-8-12-6-7-14(20-4)15(10-12)21-5/h6-7,10,13H,8-9,11H2,1-5H3. The van der Waals surface area contributed by atoms with Gasteiger partial charge in [-0.05, 0) is 36.0 Å². The summed E-state index contributed by atoms with van der Waals surface area (Å²) in [5.41, 5.74) is 1.33. The van der Waals surface area contributed by atoms with Gasteiger partial charge in [-0.25, -0.2) is 0 Å².